The van der Waals surface area contributed by atoms with E-state index in [-0.39, 0.29) is 18.2 Å². The summed E-state index contributed by atoms with van der Waals surface area (Å²) in [5.74, 6) is -0.255. The molecule has 0 fully saturated rings. The van der Waals surface area contributed by atoms with Crippen molar-refractivity contribution < 1.29 is 4.39 Å². The molecule has 0 atom stereocenters. The lowest BCUT2D eigenvalue weighted by Gasteiger charge is -2.02. The molecule has 5 heteroatoms. The Hall–Kier alpha value is -2.46. The van der Waals surface area contributed by atoms with Crippen LogP contribution < -0.4 is 0 Å². The largest absolute Gasteiger partial charge is 0.268 e. The van der Waals surface area contributed by atoms with E-state index in [9.17, 15) is 4.39 Å². The molecule has 0 aliphatic heterocycles. The number of hydrogen-bond donors (Lipinski definition) is 0. The number of aromatic nitrogens is 3. The third-order valence-electron chi connectivity index (χ3n) is 3.19. The van der Waals surface area contributed by atoms with Gasteiger partial charge in [-0.1, -0.05) is 6.08 Å². The Balaban J connectivity index is 0.00000176. The van der Waals surface area contributed by atoms with Crippen LogP contribution in [-0.4, -0.2) is 14.8 Å². The summed E-state index contributed by atoms with van der Waals surface area (Å²) in [4.78, 5) is 4.04. The molecule has 0 unspecified atom stereocenters. The Bertz CT molecular complexity index is 751. The van der Waals surface area contributed by atoms with Gasteiger partial charge in [-0.15, -0.1) is 19.0 Å². The zero-order chi connectivity index (χ0) is 14.7. The average Bonchev–Trinajstić information content (AvgIpc) is 2.93. The van der Waals surface area contributed by atoms with Gasteiger partial charge < -0.3 is 0 Å². The predicted octanol–water partition coefficient (Wildman–Crippen LogP) is 4.36. The smallest absolute Gasteiger partial charge is 0.123 e. The van der Waals surface area contributed by atoms with Gasteiger partial charge in [0.2, 0.25) is 0 Å². The lowest BCUT2D eigenvalue weighted by Crippen LogP contribution is -1.94. The lowest BCUT2D eigenvalue weighted by molar-refractivity contribution is 0.628. The quantitative estimate of drug-likeness (QED) is 0.670. The van der Waals surface area contributed by atoms with Gasteiger partial charge in [0, 0.05) is 29.7 Å². The number of hydrogen-bond acceptors (Lipinski definition) is 2. The Morgan fingerprint density at radius 1 is 1.05 bits per heavy atom. The molecule has 0 spiro atoms. The third kappa shape index (κ3) is 3.23. The highest BCUT2D eigenvalue weighted by molar-refractivity contribution is 5.85. The molecule has 22 heavy (non-hydrogen) atoms. The van der Waals surface area contributed by atoms with Gasteiger partial charge in [-0.3, -0.25) is 9.67 Å². The molecule has 1 aromatic carbocycles. The van der Waals surface area contributed by atoms with Crippen molar-refractivity contribution in [3.63, 3.8) is 0 Å². The van der Waals surface area contributed by atoms with Crippen molar-refractivity contribution in [2.75, 3.05) is 0 Å². The number of allylic oxidation sites excluding steroid dienone is 1. The van der Waals surface area contributed by atoms with Gasteiger partial charge in [-0.2, -0.15) is 5.10 Å². The molecule has 112 valence electrons. The Morgan fingerprint density at radius 3 is 2.36 bits per heavy atom. The van der Waals surface area contributed by atoms with E-state index in [0.717, 1.165) is 22.4 Å². The monoisotopic (exact) mass is 315 g/mol. The van der Waals surface area contributed by atoms with Crippen molar-refractivity contribution in [3.8, 4) is 22.4 Å². The number of nitrogens with zero attached hydrogens (tertiary/aromatic N) is 3. The van der Waals surface area contributed by atoms with E-state index in [0.29, 0.717) is 6.54 Å². The molecule has 2 aromatic heterocycles. The maximum atomic E-state index is 13.1. The average molecular weight is 316 g/mol. The molecule has 0 bridgehead atoms. The van der Waals surface area contributed by atoms with E-state index in [1.165, 1.54) is 12.1 Å². The Morgan fingerprint density at radius 2 is 1.73 bits per heavy atom. The minimum atomic E-state index is -0.255. The summed E-state index contributed by atoms with van der Waals surface area (Å²) in [6.07, 6.45) is 7.25. The van der Waals surface area contributed by atoms with Gasteiger partial charge in [0.05, 0.1) is 6.54 Å². The van der Waals surface area contributed by atoms with Gasteiger partial charge in [0.1, 0.15) is 11.5 Å². The molecule has 0 aliphatic rings. The van der Waals surface area contributed by atoms with Crippen LogP contribution in [0.5, 0.6) is 0 Å². The van der Waals surface area contributed by atoms with E-state index in [2.05, 4.69) is 16.7 Å². The molecule has 0 saturated carbocycles. The van der Waals surface area contributed by atoms with E-state index in [1.807, 2.05) is 23.0 Å². The molecule has 2 heterocycles. The predicted molar refractivity (Wildman–Crippen MR) is 88.3 cm³/mol. The van der Waals surface area contributed by atoms with Gasteiger partial charge in [0.25, 0.3) is 0 Å². The molecule has 0 amide bonds. The van der Waals surface area contributed by atoms with E-state index in [4.69, 9.17) is 0 Å². The normalized spacial score (nSPS) is 10.0. The molecule has 3 nitrogen and oxygen atoms in total. The summed E-state index contributed by atoms with van der Waals surface area (Å²) >= 11 is 0. The van der Waals surface area contributed by atoms with Crippen LogP contribution in [0.2, 0.25) is 0 Å². The summed E-state index contributed by atoms with van der Waals surface area (Å²) < 4.78 is 14.9. The van der Waals surface area contributed by atoms with Crippen LogP contribution in [-0.2, 0) is 6.54 Å². The second kappa shape index (κ2) is 7.00. The van der Waals surface area contributed by atoms with Crippen molar-refractivity contribution >= 4 is 12.4 Å². The second-order valence-electron chi connectivity index (χ2n) is 4.64. The minimum Gasteiger partial charge on any atom is -0.268 e. The SMILES string of the molecule is C=CCn1cc(-c2ccncc2)c(-c2ccc(F)cc2)n1.Cl. The highest BCUT2D eigenvalue weighted by atomic mass is 35.5. The fourth-order valence-electron chi connectivity index (χ4n) is 2.21. The highest BCUT2D eigenvalue weighted by Crippen LogP contribution is 2.30. The van der Waals surface area contributed by atoms with Crippen molar-refractivity contribution in [2.24, 2.45) is 0 Å². The van der Waals surface area contributed by atoms with Crippen LogP contribution in [0.4, 0.5) is 4.39 Å². The third-order valence-corrected chi connectivity index (χ3v) is 3.19. The first-order valence-corrected chi connectivity index (χ1v) is 6.62. The van der Waals surface area contributed by atoms with Crippen LogP contribution in [0.25, 0.3) is 22.4 Å². The first-order valence-electron chi connectivity index (χ1n) is 6.62. The summed E-state index contributed by atoms with van der Waals surface area (Å²) in [6, 6.07) is 10.2. The van der Waals surface area contributed by atoms with Gasteiger partial charge >= 0.3 is 0 Å². The van der Waals surface area contributed by atoms with E-state index < -0.39 is 0 Å². The highest BCUT2D eigenvalue weighted by Gasteiger charge is 2.12. The van der Waals surface area contributed by atoms with Crippen molar-refractivity contribution in [1.82, 2.24) is 14.8 Å². The summed E-state index contributed by atoms with van der Waals surface area (Å²) in [5.41, 5.74) is 3.72. The van der Waals surface area contributed by atoms with Gasteiger partial charge in [-0.25, -0.2) is 4.39 Å². The van der Waals surface area contributed by atoms with Crippen molar-refractivity contribution in [2.45, 2.75) is 6.54 Å². The maximum Gasteiger partial charge on any atom is 0.123 e. The van der Waals surface area contributed by atoms with Crippen molar-refractivity contribution in [1.29, 1.82) is 0 Å². The van der Waals surface area contributed by atoms with Crippen LogP contribution >= 0.6 is 12.4 Å². The standard InChI is InChI=1S/C17H14FN3.ClH/c1-2-11-21-12-16(13-7-9-19-10-8-13)17(20-21)14-3-5-15(18)6-4-14;/h2-10,12H,1,11H2;1H. The molecule has 0 aliphatic carbocycles. The molecular formula is C17H15ClFN3. The molecule has 3 aromatic rings. The minimum absolute atomic E-state index is 0. The first kappa shape index (κ1) is 15.9. The zero-order valence-electron chi connectivity index (χ0n) is 11.8. The molecule has 0 saturated heterocycles. The van der Waals surface area contributed by atoms with Crippen LogP contribution in [0.1, 0.15) is 0 Å². The maximum absolute atomic E-state index is 13.1. The molecule has 0 radical (unpaired) electrons. The summed E-state index contributed by atoms with van der Waals surface area (Å²) in [5, 5.41) is 4.58. The van der Waals surface area contributed by atoms with E-state index >= 15 is 0 Å². The Kier molecular flexibility index (Phi) is 5.07. The molecular weight excluding hydrogens is 301 g/mol. The van der Waals surface area contributed by atoms with Crippen LogP contribution in [0.15, 0.2) is 67.6 Å². The van der Waals surface area contributed by atoms with E-state index in [1.54, 1.807) is 30.6 Å². The number of benzene rings is 1. The number of pyridine rings is 1. The molecule has 0 N–H and O–H groups in total. The topological polar surface area (TPSA) is 30.7 Å². The fraction of sp³-hybridized carbons (Fsp3) is 0.0588. The second-order valence-corrected chi connectivity index (χ2v) is 4.64. The van der Waals surface area contributed by atoms with Crippen LogP contribution in [0, 0.1) is 5.82 Å². The molecule has 3 rings (SSSR count). The summed E-state index contributed by atoms with van der Waals surface area (Å²) in [7, 11) is 0. The first-order chi connectivity index (χ1) is 10.3. The summed E-state index contributed by atoms with van der Waals surface area (Å²) in [6.45, 7) is 4.36. The lowest BCUT2D eigenvalue weighted by atomic mass is 10.0. The number of halogens is 2. The zero-order valence-corrected chi connectivity index (χ0v) is 12.6. The van der Waals surface area contributed by atoms with Crippen molar-refractivity contribution in [3.05, 3.63) is 73.5 Å². The number of rotatable bonds is 4. The van der Waals surface area contributed by atoms with Crippen LogP contribution in [0.3, 0.4) is 0 Å². The fourth-order valence-corrected chi connectivity index (χ4v) is 2.21. The van der Waals surface area contributed by atoms with Gasteiger partial charge in [0.15, 0.2) is 0 Å². The Labute approximate surface area is 134 Å². The van der Waals surface area contributed by atoms with Gasteiger partial charge in [-0.05, 0) is 42.0 Å².